The summed E-state index contributed by atoms with van der Waals surface area (Å²) in [6.45, 7) is 2.54. The first-order valence-electron chi connectivity index (χ1n) is 8.67. The average Bonchev–Trinajstić information content (AvgIpc) is 2.67. The Morgan fingerprint density at radius 1 is 1.04 bits per heavy atom. The van der Waals surface area contributed by atoms with Gasteiger partial charge in [0.25, 0.3) is 0 Å². The molecule has 0 aliphatic carbocycles. The van der Waals surface area contributed by atoms with Gasteiger partial charge in [0.2, 0.25) is 0 Å². The van der Waals surface area contributed by atoms with Crippen LogP contribution in [0.4, 0.5) is 5.69 Å². The van der Waals surface area contributed by atoms with Crippen molar-refractivity contribution >= 4 is 34.9 Å². The smallest absolute Gasteiger partial charge is 0.336 e. The molecule has 144 valence electrons. The van der Waals surface area contributed by atoms with Gasteiger partial charge in [0.15, 0.2) is 0 Å². The quantitative estimate of drug-likeness (QED) is 0.482. The third-order valence-electron chi connectivity index (χ3n) is 4.40. The Kier molecular flexibility index (Phi) is 6.45. The average molecular weight is 416 g/mol. The molecule has 0 saturated heterocycles. The van der Waals surface area contributed by atoms with Crippen molar-refractivity contribution in [3.63, 3.8) is 0 Å². The topological polar surface area (TPSA) is 58.6 Å². The van der Waals surface area contributed by atoms with Crippen molar-refractivity contribution in [2.45, 2.75) is 20.1 Å². The summed E-state index contributed by atoms with van der Waals surface area (Å²) in [6, 6.07) is 18.1. The first kappa shape index (κ1) is 20.1. The van der Waals surface area contributed by atoms with E-state index in [0.29, 0.717) is 34.5 Å². The Morgan fingerprint density at radius 2 is 1.82 bits per heavy atom. The van der Waals surface area contributed by atoms with E-state index in [-0.39, 0.29) is 5.56 Å². The second-order valence-electron chi connectivity index (χ2n) is 6.27. The fourth-order valence-electron chi connectivity index (χ4n) is 2.85. The van der Waals surface area contributed by atoms with Crippen molar-refractivity contribution in [3.8, 4) is 5.75 Å². The van der Waals surface area contributed by atoms with Gasteiger partial charge in [-0.25, -0.2) is 4.79 Å². The number of benzene rings is 3. The van der Waals surface area contributed by atoms with Gasteiger partial charge in [0.05, 0.1) is 5.56 Å². The van der Waals surface area contributed by atoms with E-state index < -0.39 is 5.97 Å². The lowest BCUT2D eigenvalue weighted by atomic mass is 10.1. The monoisotopic (exact) mass is 415 g/mol. The molecule has 0 aliphatic rings. The summed E-state index contributed by atoms with van der Waals surface area (Å²) in [5.74, 6) is -0.267. The predicted octanol–water partition coefficient (Wildman–Crippen LogP) is 6.19. The van der Waals surface area contributed by atoms with E-state index in [1.807, 2.05) is 42.5 Å². The Labute approximate surface area is 173 Å². The largest absolute Gasteiger partial charge is 0.488 e. The SMILES string of the molecule is Cc1c(NCc2cc(Cl)ccc2OCc2ccccc2Cl)cccc1C(=O)O. The molecule has 4 nitrogen and oxygen atoms in total. The van der Waals surface area contributed by atoms with Gasteiger partial charge in [-0.3, -0.25) is 0 Å². The van der Waals surface area contributed by atoms with Gasteiger partial charge in [-0.15, -0.1) is 0 Å². The van der Waals surface area contributed by atoms with Crippen LogP contribution in [0.5, 0.6) is 5.75 Å². The second kappa shape index (κ2) is 9.00. The Morgan fingerprint density at radius 3 is 2.57 bits per heavy atom. The highest BCUT2D eigenvalue weighted by Crippen LogP contribution is 2.27. The maximum atomic E-state index is 11.3. The molecule has 0 bridgehead atoms. The predicted molar refractivity (Wildman–Crippen MR) is 113 cm³/mol. The number of anilines is 1. The van der Waals surface area contributed by atoms with Gasteiger partial charge in [-0.1, -0.05) is 47.5 Å². The summed E-state index contributed by atoms with van der Waals surface area (Å²) >= 11 is 12.3. The Balaban J connectivity index is 1.77. The van der Waals surface area contributed by atoms with E-state index in [2.05, 4.69) is 5.32 Å². The Hall–Kier alpha value is -2.69. The summed E-state index contributed by atoms with van der Waals surface area (Å²) in [4.78, 5) is 11.3. The van der Waals surface area contributed by atoms with Gasteiger partial charge in [0.1, 0.15) is 12.4 Å². The van der Waals surface area contributed by atoms with Crippen LogP contribution < -0.4 is 10.1 Å². The first-order valence-corrected chi connectivity index (χ1v) is 9.42. The van der Waals surface area contributed by atoms with E-state index in [1.165, 1.54) is 0 Å². The normalized spacial score (nSPS) is 10.5. The fourth-order valence-corrected chi connectivity index (χ4v) is 3.23. The van der Waals surface area contributed by atoms with E-state index in [4.69, 9.17) is 27.9 Å². The van der Waals surface area contributed by atoms with Crippen LogP contribution in [-0.2, 0) is 13.2 Å². The van der Waals surface area contributed by atoms with Crippen LogP contribution in [0.1, 0.15) is 27.0 Å². The standard InChI is InChI=1S/C22H19Cl2NO3/c1-14-18(22(26)27)6-4-8-20(14)25-12-16-11-17(23)9-10-21(16)28-13-15-5-2-3-7-19(15)24/h2-11,25H,12-13H2,1H3,(H,26,27). The number of nitrogens with one attached hydrogen (secondary N) is 1. The molecule has 2 N–H and O–H groups in total. The maximum Gasteiger partial charge on any atom is 0.336 e. The molecular formula is C22H19Cl2NO3. The molecule has 28 heavy (non-hydrogen) atoms. The molecule has 0 fully saturated rings. The summed E-state index contributed by atoms with van der Waals surface area (Å²) in [5, 5.41) is 13.8. The van der Waals surface area contributed by atoms with Crippen LogP contribution in [0, 0.1) is 6.92 Å². The van der Waals surface area contributed by atoms with Gasteiger partial charge in [-0.2, -0.15) is 0 Å². The molecule has 6 heteroatoms. The molecule has 0 amide bonds. The van der Waals surface area contributed by atoms with Gasteiger partial charge < -0.3 is 15.2 Å². The van der Waals surface area contributed by atoms with Gasteiger partial charge in [-0.05, 0) is 48.9 Å². The van der Waals surface area contributed by atoms with Crippen molar-refractivity contribution in [1.82, 2.24) is 0 Å². The van der Waals surface area contributed by atoms with Crippen LogP contribution in [0.2, 0.25) is 10.0 Å². The van der Waals surface area contributed by atoms with Gasteiger partial charge >= 0.3 is 5.97 Å². The maximum absolute atomic E-state index is 11.3. The minimum atomic E-state index is -0.951. The number of carbonyl (C=O) groups is 1. The minimum absolute atomic E-state index is 0.270. The third kappa shape index (κ3) is 4.77. The summed E-state index contributed by atoms with van der Waals surface area (Å²) < 4.78 is 5.96. The van der Waals surface area contributed by atoms with Crippen molar-refractivity contribution in [2.75, 3.05) is 5.32 Å². The summed E-state index contributed by atoms with van der Waals surface area (Å²) in [7, 11) is 0. The van der Waals surface area contributed by atoms with Crippen LogP contribution in [0.3, 0.4) is 0 Å². The van der Waals surface area contributed by atoms with Crippen molar-refractivity contribution in [3.05, 3.63) is 93.0 Å². The fraction of sp³-hybridized carbons (Fsp3) is 0.136. The summed E-state index contributed by atoms with van der Waals surface area (Å²) in [5.41, 5.74) is 3.45. The number of hydrogen-bond acceptors (Lipinski definition) is 3. The number of carboxylic acids is 1. The number of aromatic carboxylic acids is 1. The van der Waals surface area contributed by atoms with Crippen LogP contribution in [0.25, 0.3) is 0 Å². The van der Waals surface area contributed by atoms with Crippen LogP contribution in [-0.4, -0.2) is 11.1 Å². The van der Waals surface area contributed by atoms with E-state index in [0.717, 1.165) is 16.8 Å². The molecule has 3 aromatic carbocycles. The molecule has 0 saturated carbocycles. The second-order valence-corrected chi connectivity index (χ2v) is 7.11. The molecule has 0 aliphatic heterocycles. The lowest BCUT2D eigenvalue weighted by molar-refractivity contribution is 0.0696. The lowest BCUT2D eigenvalue weighted by Crippen LogP contribution is -2.07. The van der Waals surface area contributed by atoms with Crippen LogP contribution in [0.15, 0.2) is 60.7 Å². The number of carboxylic acid groups (broad SMARTS) is 1. The molecule has 3 aromatic rings. The van der Waals surface area contributed by atoms with Crippen molar-refractivity contribution in [2.24, 2.45) is 0 Å². The third-order valence-corrected chi connectivity index (χ3v) is 5.00. The number of hydrogen-bond donors (Lipinski definition) is 2. The molecule has 3 rings (SSSR count). The van der Waals surface area contributed by atoms with Gasteiger partial charge in [0, 0.05) is 33.4 Å². The highest BCUT2D eigenvalue weighted by molar-refractivity contribution is 6.31. The molecule has 0 spiro atoms. The number of halogens is 2. The molecule has 0 heterocycles. The van der Waals surface area contributed by atoms with Crippen LogP contribution >= 0.6 is 23.2 Å². The van der Waals surface area contributed by atoms with E-state index in [9.17, 15) is 9.90 Å². The molecular weight excluding hydrogens is 397 g/mol. The number of ether oxygens (including phenoxy) is 1. The first-order chi connectivity index (χ1) is 13.5. The van der Waals surface area contributed by atoms with E-state index >= 15 is 0 Å². The van der Waals surface area contributed by atoms with Crippen molar-refractivity contribution in [1.29, 1.82) is 0 Å². The molecule has 0 atom stereocenters. The zero-order valence-corrected chi connectivity index (χ0v) is 16.7. The highest BCUT2D eigenvalue weighted by atomic mass is 35.5. The van der Waals surface area contributed by atoms with E-state index in [1.54, 1.807) is 25.1 Å². The molecule has 0 radical (unpaired) electrons. The van der Waals surface area contributed by atoms with Crippen molar-refractivity contribution < 1.29 is 14.6 Å². The zero-order valence-electron chi connectivity index (χ0n) is 15.2. The lowest BCUT2D eigenvalue weighted by Gasteiger charge is -2.15. The summed E-state index contributed by atoms with van der Waals surface area (Å²) in [6.07, 6.45) is 0. The Bertz CT molecular complexity index is 1000. The minimum Gasteiger partial charge on any atom is -0.488 e. The number of rotatable bonds is 7. The zero-order chi connectivity index (χ0) is 20.1. The molecule has 0 aromatic heterocycles. The highest BCUT2D eigenvalue weighted by Gasteiger charge is 2.11. The molecule has 0 unspecified atom stereocenters.